The van der Waals surface area contributed by atoms with Gasteiger partial charge in [0, 0.05) is 37.3 Å². The fourth-order valence-corrected chi connectivity index (χ4v) is 4.72. The maximum atomic E-state index is 12.8. The summed E-state index contributed by atoms with van der Waals surface area (Å²) < 4.78 is 5.47. The minimum absolute atomic E-state index is 0.0208. The second-order valence-electron chi connectivity index (χ2n) is 9.22. The zero-order valence-corrected chi connectivity index (χ0v) is 20.4. The van der Waals surface area contributed by atoms with Gasteiger partial charge in [0.15, 0.2) is 0 Å². The minimum atomic E-state index is -0.119. The van der Waals surface area contributed by atoms with Crippen LogP contribution in [0.5, 0.6) is 0 Å². The molecule has 2 aliphatic rings. The Hall–Kier alpha value is -3.74. The molecule has 9 nitrogen and oxygen atoms in total. The summed E-state index contributed by atoms with van der Waals surface area (Å²) in [6, 6.07) is 9.94. The number of carbonyl (C=O) groups is 2. The molecule has 9 heteroatoms. The number of ether oxygens (including phenoxy) is 1. The van der Waals surface area contributed by atoms with Gasteiger partial charge in [0.25, 0.3) is 0 Å². The lowest BCUT2D eigenvalue weighted by atomic mass is 9.96. The van der Waals surface area contributed by atoms with Crippen LogP contribution in [0.25, 0.3) is 22.3 Å². The highest BCUT2D eigenvalue weighted by Crippen LogP contribution is 2.30. The van der Waals surface area contributed by atoms with Crippen LogP contribution in [-0.4, -0.2) is 77.5 Å². The van der Waals surface area contributed by atoms with E-state index in [9.17, 15) is 9.59 Å². The molecule has 0 radical (unpaired) electrons. The molecule has 2 fully saturated rings. The van der Waals surface area contributed by atoms with Gasteiger partial charge in [0.1, 0.15) is 17.8 Å². The Morgan fingerprint density at radius 2 is 1.86 bits per heavy atom. The molecule has 2 N–H and O–H groups in total. The number of hydrogen-bond acceptors (Lipinski definition) is 7. The van der Waals surface area contributed by atoms with Crippen molar-refractivity contribution in [2.45, 2.75) is 19.8 Å². The Morgan fingerprint density at radius 3 is 2.58 bits per heavy atom. The first-order chi connectivity index (χ1) is 17.6. The molecule has 4 heterocycles. The lowest BCUT2D eigenvalue weighted by Gasteiger charge is -2.29. The molecule has 36 heavy (non-hydrogen) atoms. The van der Waals surface area contributed by atoms with Gasteiger partial charge in [-0.15, -0.1) is 0 Å². The van der Waals surface area contributed by atoms with E-state index in [1.54, 1.807) is 6.33 Å². The molecule has 0 aliphatic carbocycles. The summed E-state index contributed by atoms with van der Waals surface area (Å²) >= 11 is 0. The lowest BCUT2D eigenvalue weighted by Crippen LogP contribution is -2.38. The molecular formula is C27H30N6O3. The minimum Gasteiger partial charge on any atom is -0.378 e. The number of piperidine rings is 1. The molecule has 2 aromatic heterocycles. The van der Waals surface area contributed by atoms with E-state index in [-0.39, 0.29) is 17.6 Å². The van der Waals surface area contributed by atoms with E-state index >= 15 is 0 Å². The third-order valence-electron chi connectivity index (χ3n) is 6.70. The summed E-state index contributed by atoms with van der Waals surface area (Å²) in [5, 5.41) is 4.05. The van der Waals surface area contributed by atoms with Crippen molar-refractivity contribution in [3.05, 3.63) is 36.7 Å². The van der Waals surface area contributed by atoms with Gasteiger partial charge in [-0.1, -0.05) is 18.1 Å². The van der Waals surface area contributed by atoms with E-state index in [0.29, 0.717) is 19.8 Å². The molecule has 3 aromatic rings. The quantitative estimate of drug-likeness (QED) is 0.422. The molecule has 1 aromatic carbocycles. The van der Waals surface area contributed by atoms with Crippen LogP contribution in [0.2, 0.25) is 0 Å². The van der Waals surface area contributed by atoms with Gasteiger partial charge < -0.3 is 19.9 Å². The van der Waals surface area contributed by atoms with Crippen molar-refractivity contribution in [3.63, 3.8) is 0 Å². The highest BCUT2D eigenvalue weighted by atomic mass is 16.5. The van der Waals surface area contributed by atoms with Crippen molar-refractivity contribution < 1.29 is 14.3 Å². The summed E-state index contributed by atoms with van der Waals surface area (Å²) in [6.07, 6.45) is 3.16. The van der Waals surface area contributed by atoms with Crippen LogP contribution in [0, 0.1) is 17.8 Å². The first-order valence-electron chi connectivity index (χ1n) is 12.4. The fraction of sp³-hybridized carbons (Fsp3) is 0.407. The number of H-pyrrole nitrogens is 1. The number of benzene rings is 1. The number of hydrogen-bond donors (Lipinski definition) is 2. The van der Waals surface area contributed by atoms with E-state index in [2.05, 4.69) is 48.0 Å². The van der Waals surface area contributed by atoms with Gasteiger partial charge in [0.2, 0.25) is 11.7 Å². The standard InChI is InChI=1S/C27H30N6O3/c1-19(34)3-2-10-32-11-8-21(9-12-32)27(35)30-22-6-4-20(5-7-22)24-17-23-25(31-24)28-18-29-26(23)33-13-15-36-16-14-33/h4-7,17-18,21H,8-16H2,1H3,(H,30,35)(H,28,29,31). The predicted octanol–water partition coefficient (Wildman–Crippen LogP) is 2.70. The third-order valence-corrected chi connectivity index (χ3v) is 6.70. The highest BCUT2D eigenvalue weighted by molar-refractivity contribution is 5.94. The normalized spacial score (nSPS) is 17.0. The largest absolute Gasteiger partial charge is 0.378 e. The molecule has 0 atom stereocenters. The third kappa shape index (κ3) is 5.56. The number of likely N-dealkylation sites (tertiary alicyclic amines) is 1. The van der Waals surface area contributed by atoms with Crippen molar-refractivity contribution >= 4 is 34.2 Å². The van der Waals surface area contributed by atoms with Gasteiger partial charge in [-0.05, 0) is 55.6 Å². The van der Waals surface area contributed by atoms with Gasteiger partial charge in [-0.3, -0.25) is 14.5 Å². The van der Waals surface area contributed by atoms with Crippen LogP contribution in [0.3, 0.4) is 0 Å². The molecule has 0 bridgehead atoms. The summed E-state index contributed by atoms with van der Waals surface area (Å²) in [5.41, 5.74) is 3.55. The number of Topliss-reactive ketones (excluding diaryl/α,β-unsaturated/α-hetero) is 1. The van der Waals surface area contributed by atoms with Crippen LogP contribution in [0.15, 0.2) is 36.7 Å². The Kier molecular flexibility index (Phi) is 7.26. The molecule has 1 amide bonds. The number of morpholine rings is 1. The fourth-order valence-electron chi connectivity index (χ4n) is 4.72. The van der Waals surface area contributed by atoms with Crippen LogP contribution in [0.1, 0.15) is 19.8 Å². The first kappa shape index (κ1) is 24.0. The van der Waals surface area contributed by atoms with Gasteiger partial charge in [-0.25, -0.2) is 9.97 Å². The number of rotatable bonds is 5. The summed E-state index contributed by atoms with van der Waals surface area (Å²) in [6.45, 7) is 6.67. The summed E-state index contributed by atoms with van der Waals surface area (Å²) in [4.78, 5) is 40.5. The van der Waals surface area contributed by atoms with Crippen molar-refractivity contribution in [2.75, 3.05) is 56.2 Å². The van der Waals surface area contributed by atoms with Crippen LogP contribution < -0.4 is 10.2 Å². The maximum absolute atomic E-state index is 12.8. The SMILES string of the molecule is CC(=O)C#CCN1CCC(C(=O)Nc2ccc(-c3cc4c(N5CCOCC5)ncnc4[nH]3)cc2)CC1. The molecule has 2 saturated heterocycles. The summed E-state index contributed by atoms with van der Waals surface area (Å²) in [7, 11) is 0. The lowest BCUT2D eigenvalue weighted by molar-refractivity contribution is -0.121. The number of nitrogens with zero attached hydrogens (tertiary/aromatic N) is 4. The van der Waals surface area contributed by atoms with Crippen molar-refractivity contribution in [3.8, 4) is 23.1 Å². The van der Waals surface area contributed by atoms with E-state index in [4.69, 9.17) is 4.74 Å². The number of ketones is 1. The number of carbonyl (C=O) groups excluding carboxylic acids is 2. The number of amides is 1. The van der Waals surface area contributed by atoms with Crippen LogP contribution in [0.4, 0.5) is 11.5 Å². The number of fused-ring (bicyclic) bond motifs is 1. The zero-order chi connectivity index (χ0) is 24.9. The Morgan fingerprint density at radius 1 is 1.11 bits per heavy atom. The highest BCUT2D eigenvalue weighted by Gasteiger charge is 2.24. The van der Waals surface area contributed by atoms with Crippen molar-refractivity contribution in [1.82, 2.24) is 19.9 Å². The van der Waals surface area contributed by atoms with E-state index < -0.39 is 0 Å². The number of anilines is 2. The predicted molar refractivity (Wildman–Crippen MR) is 139 cm³/mol. The Balaban J connectivity index is 1.20. The van der Waals surface area contributed by atoms with Crippen LogP contribution in [-0.2, 0) is 14.3 Å². The second kappa shape index (κ2) is 10.9. The zero-order valence-electron chi connectivity index (χ0n) is 20.4. The average Bonchev–Trinajstić information content (AvgIpc) is 3.34. The molecule has 0 spiro atoms. The van der Waals surface area contributed by atoms with E-state index in [1.807, 2.05) is 24.3 Å². The van der Waals surface area contributed by atoms with Gasteiger partial charge in [0.05, 0.1) is 25.1 Å². The first-order valence-corrected chi connectivity index (χ1v) is 12.4. The maximum Gasteiger partial charge on any atom is 0.227 e. The number of aromatic amines is 1. The van der Waals surface area contributed by atoms with Gasteiger partial charge in [-0.2, -0.15) is 0 Å². The van der Waals surface area contributed by atoms with Gasteiger partial charge >= 0.3 is 0 Å². The van der Waals surface area contributed by atoms with E-state index in [1.165, 1.54) is 6.92 Å². The molecule has 0 saturated carbocycles. The monoisotopic (exact) mass is 486 g/mol. The molecular weight excluding hydrogens is 456 g/mol. The Labute approximate surface area is 210 Å². The van der Waals surface area contributed by atoms with Crippen molar-refractivity contribution in [1.29, 1.82) is 0 Å². The smallest absolute Gasteiger partial charge is 0.227 e. The van der Waals surface area contributed by atoms with E-state index in [0.717, 1.165) is 72.8 Å². The second-order valence-corrected chi connectivity index (χ2v) is 9.22. The summed E-state index contributed by atoms with van der Waals surface area (Å²) in [5.74, 6) is 6.30. The van der Waals surface area contributed by atoms with Crippen LogP contribution >= 0.6 is 0 Å². The molecule has 2 aliphatic heterocycles. The molecule has 0 unspecified atom stereocenters. The molecule has 5 rings (SSSR count). The molecule has 186 valence electrons. The Bertz CT molecular complexity index is 1290. The number of aromatic nitrogens is 3. The topological polar surface area (TPSA) is 103 Å². The average molecular weight is 487 g/mol. The number of nitrogens with one attached hydrogen (secondary N) is 2. The van der Waals surface area contributed by atoms with Crippen molar-refractivity contribution in [2.24, 2.45) is 5.92 Å².